The summed E-state index contributed by atoms with van der Waals surface area (Å²) >= 11 is 5.98. The average Bonchev–Trinajstić information content (AvgIpc) is 2.92. The summed E-state index contributed by atoms with van der Waals surface area (Å²) < 4.78 is 29.1. The van der Waals surface area contributed by atoms with E-state index in [0.29, 0.717) is 13.1 Å². The van der Waals surface area contributed by atoms with Crippen LogP contribution >= 0.6 is 11.6 Å². The van der Waals surface area contributed by atoms with Crippen LogP contribution in [0.2, 0.25) is 5.02 Å². The molecule has 0 aliphatic carbocycles. The number of hydrogen-bond acceptors (Lipinski definition) is 3. The van der Waals surface area contributed by atoms with Gasteiger partial charge in [-0.05, 0) is 37.8 Å². The summed E-state index contributed by atoms with van der Waals surface area (Å²) in [7, 11) is 0. The zero-order chi connectivity index (χ0) is 19.0. The molecule has 2 aliphatic rings. The Labute approximate surface area is 161 Å². The van der Waals surface area contributed by atoms with Crippen molar-refractivity contribution in [2.45, 2.75) is 51.0 Å². The third-order valence-corrected chi connectivity index (χ3v) is 5.76. The Balaban J connectivity index is 1.56. The van der Waals surface area contributed by atoms with Crippen LogP contribution in [0.4, 0.5) is 8.78 Å². The number of piperidine rings is 1. The minimum Gasteiger partial charge on any atom is -0.338 e. The minimum atomic E-state index is -1.07. The number of likely N-dealkylation sites (tertiary alicyclic amines) is 1. The van der Waals surface area contributed by atoms with Crippen molar-refractivity contribution >= 4 is 17.5 Å². The molecule has 1 aromatic carbocycles. The number of fused-ring (bicyclic) bond motifs is 1. The second-order valence-corrected chi connectivity index (χ2v) is 7.68. The Kier molecular flexibility index (Phi) is 5.12. The van der Waals surface area contributed by atoms with Gasteiger partial charge in [0, 0.05) is 32.0 Å². The van der Waals surface area contributed by atoms with E-state index < -0.39 is 11.6 Å². The van der Waals surface area contributed by atoms with E-state index in [9.17, 15) is 13.6 Å². The standard InChI is InChI=1S/C19H21ClF2N4O/c20-14-10-16(22)15(21)9-13(14)19(27)25-7-4-5-12(11-25)18-24-23-17-6-2-1-3-8-26(17)18/h9-10,12H,1-8,11H2. The maximum absolute atomic E-state index is 13.6. The van der Waals surface area contributed by atoms with Crippen LogP contribution in [0.1, 0.15) is 60.0 Å². The van der Waals surface area contributed by atoms with E-state index in [0.717, 1.165) is 62.4 Å². The molecule has 3 heterocycles. The number of halogens is 3. The molecule has 0 spiro atoms. The molecular weight excluding hydrogens is 374 g/mol. The molecule has 1 amide bonds. The number of nitrogens with zero attached hydrogens (tertiary/aromatic N) is 4. The Bertz CT molecular complexity index is 870. The van der Waals surface area contributed by atoms with Gasteiger partial charge in [0.15, 0.2) is 11.6 Å². The molecule has 2 aliphatic heterocycles. The smallest absolute Gasteiger partial charge is 0.255 e. The van der Waals surface area contributed by atoms with E-state index >= 15 is 0 Å². The fourth-order valence-electron chi connectivity index (χ4n) is 4.04. The number of aromatic nitrogens is 3. The van der Waals surface area contributed by atoms with Gasteiger partial charge in [-0.1, -0.05) is 18.0 Å². The van der Waals surface area contributed by atoms with E-state index in [1.165, 1.54) is 6.42 Å². The van der Waals surface area contributed by atoms with Crippen molar-refractivity contribution in [3.05, 3.63) is 46.0 Å². The molecule has 27 heavy (non-hydrogen) atoms. The van der Waals surface area contributed by atoms with E-state index in [4.69, 9.17) is 11.6 Å². The fraction of sp³-hybridized carbons (Fsp3) is 0.526. The van der Waals surface area contributed by atoms with Crippen molar-refractivity contribution < 1.29 is 13.6 Å². The Morgan fingerprint density at radius 3 is 2.74 bits per heavy atom. The van der Waals surface area contributed by atoms with Crippen LogP contribution in [0.3, 0.4) is 0 Å². The van der Waals surface area contributed by atoms with Gasteiger partial charge in [0.25, 0.3) is 5.91 Å². The number of benzene rings is 1. The Morgan fingerprint density at radius 1 is 1.07 bits per heavy atom. The minimum absolute atomic E-state index is 0.00344. The second-order valence-electron chi connectivity index (χ2n) is 7.27. The van der Waals surface area contributed by atoms with Crippen molar-refractivity contribution in [3.8, 4) is 0 Å². The summed E-state index contributed by atoms with van der Waals surface area (Å²) in [4.78, 5) is 14.5. The van der Waals surface area contributed by atoms with Crippen molar-refractivity contribution in [1.29, 1.82) is 0 Å². The molecule has 0 N–H and O–H groups in total. The molecule has 1 saturated heterocycles. The first-order valence-corrected chi connectivity index (χ1v) is 9.78. The van der Waals surface area contributed by atoms with E-state index in [-0.39, 0.29) is 22.4 Å². The first-order chi connectivity index (χ1) is 13.0. The summed E-state index contributed by atoms with van der Waals surface area (Å²) in [6, 6.07) is 1.73. The van der Waals surface area contributed by atoms with Gasteiger partial charge in [0.05, 0.1) is 10.6 Å². The Hall–Kier alpha value is -2.02. The summed E-state index contributed by atoms with van der Waals surface area (Å²) in [5.41, 5.74) is -0.00344. The lowest BCUT2D eigenvalue weighted by Gasteiger charge is -2.32. The van der Waals surface area contributed by atoms with Gasteiger partial charge in [-0.3, -0.25) is 4.79 Å². The molecule has 1 atom stereocenters. The lowest BCUT2D eigenvalue weighted by Crippen LogP contribution is -2.40. The molecule has 4 rings (SSSR count). The second kappa shape index (κ2) is 7.54. The van der Waals surface area contributed by atoms with Crippen LogP contribution in [0, 0.1) is 11.6 Å². The fourth-order valence-corrected chi connectivity index (χ4v) is 4.27. The number of carbonyl (C=O) groups is 1. The van der Waals surface area contributed by atoms with Gasteiger partial charge in [-0.2, -0.15) is 0 Å². The highest BCUT2D eigenvalue weighted by atomic mass is 35.5. The lowest BCUT2D eigenvalue weighted by molar-refractivity contribution is 0.0702. The van der Waals surface area contributed by atoms with Gasteiger partial charge >= 0.3 is 0 Å². The van der Waals surface area contributed by atoms with E-state index in [1.807, 2.05) is 0 Å². The molecule has 1 unspecified atom stereocenters. The van der Waals surface area contributed by atoms with Crippen LogP contribution in [0.5, 0.6) is 0 Å². The van der Waals surface area contributed by atoms with Gasteiger partial charge in [0.2, 0.25) is 0 Å². The van der Waals surface area contributed by atoms with Crippen LogP contribution in [-0.2, 0) is 13.0 Å². The van der Waals surface area contributed by atoms with Crippen molar-refractivity contribution in [2.75, 3.05) is 13.1 Å². The van der Waals surface area contributed by atoms with Gasteiger partial charge in [-0.25, -0.2) is 8.78 Å². The Morgan fingerprint density at radius 2 is 1.89 bits per heavy atom. The molecular formula is C19H21ClF2N4O. The predicted octanol–water partition coefficient (Wildman–Crippen LogP) is 3.96. The number of hydrogen-bond donors (Lipinski definition) is 0. The molecule has 5 nitrogen and oxygen atoms in total. The highest BCUT2D eigenvalue weighted by Gasteiger charge is 2.31. The molecule has 2 aromatic rings. The quantitative estimate of drug-likeness (QED) is 0.724. The van der Waals surface area contributed by atoms with Crippen LogP contribution in [-0.4, -0.2) is 38.7 Å². The van der Waals surface area contributed by atoms with Crippen LogP contribution in [0.15, 0.2) is 12.1 Å². The van der Waals surface area contributed by atoms with Gasteiger partial charge in [-0.15, -0.1) is 10.2 Å². The maximum Gasteiger partial charge on any atom is 0.255 e. The molecule has 1 aromatic heterocycles. The van der Waals surface area contributed by atoms with Crippen LogP contribution < -0.4 is 0 Å². The average molecular weight is 395 g/mol. The third kappa shape index (κ3) is 3.57. The largest absolute Gasteiger partial charge is 0.338 e. The summed E-state index contributed by atoms with van der Waals surface area (Å²) in [6.07, 6.45) is 6.10. The zero-order valence-corrected chi connectivity index (χ0v) is 15.7. The number of carbonyl (C=O) groups excluding carboxylic acids is 1. The number of rotatable bonds is 2. The topological polar surface area (TPSA) is 51.0 Å². The normalized spacial score (nSPS) is 20.3. The molecule has 0 radical (unpaired) electrons. The molecule has 144 valence electrons. The first-order valence-electron chi connectivity index (χ1n) is 9.40. The SMILES string of the molecule is O=C(c1cc(F)c(F)cc1Cl)N1CCCC(c2nnc3n2CCCCC3)C1. The van der Waals surface area contributed by atoms with E-state index in [2.05, 4.69) is 14.8 Å². The van der Waals surface area contributed by atoms with Crippen molar-refractivity contribution in [3.63, 3.8) is 0 Å². The van der Waals surface area contributed by atoms with Crippen LogP contribution in [0.25, 0.3) is 0 Å². The van der Waals surface area contributed by atoms with E-state index in [1.54, 1.807) is 4.90 Å². The number of aryl methyl sites for hydroxylation is 1. The predicted molar refractivity (Wildman–Crippen MR) is 96.8 cm³/mol. The molecule has 8 heteroatoms. The monoisotopic (exact) mass is 394 g/mol. The molecule has 0 bridgehead atoms. The first kappa shape index (κ1) is 18.3. The number of amides is 1. The maximum atomic E-state index is 13.6. The van der Waals surface area contributed by atoms with Gasteiger partial charge < -0.3 is 9.47 Å². The highest BCUT2D eigenvalue weighted by molar-refractivity contribution is 6.33. The summed E-state index contributed by atoms with van der Waals surface area (Å²) in [5, 5.41) is 8.69. The van der Waals surface area contributed by atoms with Crippen molar-refractivity contribution in [1.82, 2.24) is 19.7 Å². The lowest BCUT2D eigenvalue weighted by atomic mass is 9.96. The van der Waals surface area contributed by atoms with Gasteiger partial charge in [0.1, 0.15) is 11.6 Å². The summed E-state index contributed by atoms with van der Waals surface area (Å²) in [6.45, 7) is 1.95. The zero-order valence-electron chi connectivity index (χ0n) is 14.9. The summed E-state index contributed by atoms with van der Waals surface area (Å²) in [5.74, 6) is -0.459. The molecule has 1 fully saturated rings. The van der Waals surface area contributed by atoms with Crippen molar-refractivity contribution in [2.24, 2.45) is 0 Å². The third-order valence-electron chi connectivity index (χ3n) is 5.45. The highest BCUT2D eigenvalue weighted by Crippen LogP contribution is 2.30. The molecule has 0 saturated carbocycles.